The standard InChI is InChI=1S/C14H16BrClN2S/c15-10-4-5-12-13(7-10)18(14(8-16)17-12)9-11-3-1-2-6-19-11/h4-5,7,11H,1-3,6,8-9H2. The van der Waals surface area contributed by atoms with Crippen LogP contribution in [0, 0.1) is 0 Å². The second kappa shape index (κ2) is 6.06. The lowest BCUT2D eigenvalue weighted by Crippen LogP contribution is -2.18. The van der Waals surface area contributed by atoms with Crippen molar-refractivity contribution in [3.8, 4) is 0 Å². The Kier molecular flexibility index (Phi) is 4.40. The molecule has 0 N–H and O–H groups in total. The van der Waals surface area contributed by atoms with Crippen LogP contribution in [0.5, 0.6) is 0 Å². The molecule has 19 heavy (non-hydrogen) atoms. The van der Waals surface area contributed by atoms with Crippen molar-refractivity contribution in [1.82, 2.24) is 9.55 Å². The molecule has 2 aromatic rings. The smallest absolute Gasteiger partial charge is 0.124 e. The minimum absolute atomic E-state index is 0.476. The number of aromatic nitrogens is 2. The van der Waals surface area contributed by atoms with Gasteiger partial charge in [0.1, 0.15) is 5.82 Å². The Morgan fingerprint density at radius 3 is 3.05 bits per heavy atom. The summed E-state index contributed by atoms with van der Waals surface area (Å²) in [6.07, 6.45) is 4.02. The fourth-order valence-electron chi connectivity index (χ4n) is 2.61. The zero-order valence-corrected chi connectivity index (χ0v) is 13.8. The summed E-state index contributed by atoms with van der Waals surface area (Å²) in [5.41, 5.74) is 2.23. The Bertz CT molecular complexity index is 578. The Balaban J connectivity index is 1.97. The number of halogens is 2. The van der Waals surface area contributed by atoms with Crippen LogP contribution in [-0.2, 0) is 12.4 Å². The van der Waals surface area contributed by atoms with Gasteiger partial charge in [-0.15, -0.1) is 11.6 Å². The SMILES string of the molecule is ClCc1nc2ccc(Br)cc2n1CC1CCCCS1. The predicted molar refractivity (Wildman–Crippen MR) is 87.1 cm³/mol. The number of nitrogens with zero attached hydrogens (tertiary/aromatic N) is 2. The molecule has 0 radical (unpaired) electrons. The fraction of sp³-hybridized carbons (Fsp3) is 0.500. The predicted octanol–water partition coefficient (Wildman–Crippen LogP) is 4.82. The van der Waals surface area contributed by atoms with Crippen LogP contribution in [0.3, 0.4) is 0 Å². The van der Waals surface area contributed by atoms with Gasteiger partial charge in [0.05, 0.1) is 16.9 Å². The molecular weight excluding hydrogens is 344 g/mol. The van der Waals surface area contributed by atoms with Gasteiger partial charge in [-0.05, 0) is 36.8 Å². The zero-order valence-electron chi connectivity index (χ0n) is 10.6. The van der Waals surface area contributed by atoms with Crippen LogP contribution in [0.25, 0.3) is 11.0 Å². The van der Waals surface area contributed by atoms with Gasteiger partial charge in [-0.3, -0.25) is 0 Å². The van der Waals surface area contributed by atoms with Gasteiger partial charge in [-0.1, -0.05) is 22.4 Å². The minimum atomic E-state index is 0.476. The Morgan fingerprint density at radius 2 is 2.32 bits per heavy atom. The molecule has 102 valence electrons. The maximum atomic E-state index is 6.06. The van der Waals surface area contributed by atoms with Crippen molar-refractivity contribution in [2.45, 2.75) is 36.9 Å². The first-order valence-corrected chi connectivity index (χ1v) is 8.98. The van der Waals surface area contributed by atoms with Crippen LogP contribution in [0.1, 0.15) is 25.1 Å². The van der Waals surface area contributed by atoms with E-state index in [0.29, 0.717) is 11.1 Å². The number of hydrogen-bond donors (Lipinski definition) is 0. The van der Waals surface area contributed by atoms with Gasteiger partial charge in [0.2, 0.25) is 0 Å². The first kappa shape index (κ1) is 13.8. The first-order valence-electron chi connectivity index (χ1n) is 6.60. The summed E-state index contributed by atoms with van der Waals surface area (Å²) < 4.78 is 3.40. The van der Waals surface area contributed by atoms with Crippen LogP contribution < -0.4 is 0 Å². The van der Waals surface area contributed by atoms with E-state index in [4.69, 9.17) is 11.6 Å². The maximum Gasteiger partial charge on any atom is 0.124 e. The highest BCUT2D eigenvalue weighted by Crippen LogP contribution is 2.29. The third kappa shape index (κ3) is 2.96. The van der Waals surface area contributed by atoms with Gasteiger partial charge in [0.15, 0.2) is 0 Å². The Labute approximate surface area is 131 Å². The van der Waals surface area contributed by atoms with E-state index < -0.39 is 0 Å². The van der Waals surface area contributed by atoms with E-state index in [9.17, 15) is 0 Å². The number of hydrogen-bond acceptors (Lipinski definition) is 2. The van der Waals surface area contributed by atoms with Gasteiger partial charge >= 0.3 is 0 Å². The molecule has 1 aromatic heterocycles. The topological polar surface area (TPSA) is 17.8 Å². The number of imidazole rings is 1. The normalized spacial score (nSPS) is 20.0. The lowest BCUT2D eigenvalue weighted by molar-refractivity contribution is 0.582. The average Bonchev–Trinajstić information content (AvgIpc) is 2.78. The van der Waals surface area contributed by atoms with E-state index in [1.165, 1.54) is 30.5 Å². The largest absolute Gasteiger partial charge is 0.326 e. The third-order valence-electron chi connectivity index (χ3n) is 3.57. The monoisotopic (exact) mass is 358 g/mol. The summed E-state index contributed by atoms with van der Waals surface area (Å²) in [7, 11) is 0. The maximum absolute atomic E-state index is 6.06. The molecular formula is C14H16BrClN2S. The quantitative estimate of drug-likeness (QED) is 0.731. The molecule has 3 rings (SSSR count). The van der Waals surface area contributed by atoms with Crippen molar-refractivity contribution in [3.63, 3.8) is 0 Å². The number of rotatable bonds is 3. The molecule has 0 amide bonds. The van der Waals surface area contributed by atoms with Crippen LogP contribution in [0.15, 0.2) is 22.7 Å². The number of fused-ring (bicyclic) bond motifs is 1. The number of alkyl halides is 1. The van der Waals surface area contributed by atoms with Crippen molar-refractivity contribution < 1.29 is 0 Å². The van der Waals surface area contributed by atoms with Crippen molar-refractivity contribution in [3.05, 3.63) is 28.5 Å². The fourth-order valence-corrected chi connectivity index (χ4v) is 4.45. The van der Waals surface area contributed by atoms with Crippen LogP contribution in [0.2, 0.25) is 0 Å². The minimum Gasteiger partial charge on any atom is -0.326 e. The van der Waals surface area contributed by atoms with Gasteiger partial charge in [0.25, 0.3) is 0 Å². The lowest BCUT2D eigenvalue weighted by atomic mass is 10.2. The van der Waals surface area contributed by atoms with Crippen LogP contribution >= 0.6 is 39.3 Å². The van der Waals surface area contributed by atoms with E-state index >= 15 is 0 Å². The van der Waals surface area contributed by atoms with Crippen molar-refractivity contribution in [2.75, 3.05) is 5.75 Å². The van der Waals surface area contributed by atoms with E-state index in [2.05, 4.69) is 49.4 Å². The van der Waals surface area contributed by atoms with Crippen LogP contribution in [0.4, 0.5) is 0 Å². The van der Waals surface area contributed by atoms with Gasteiger partial charge in [-0.25, -0.2) is 4.98 Å². The molecule has 2 nitrogen and oxygen atoms in total. The summed E-state index contributed by atoms with van der Waals surface area (Å²) >= 11 is 11.7. The third-order valence-corrected chi connectivity index (χ3v) is 5.68. The van der Waals surface area contributed by atoms with Gasteiger partial charge < -0.3 is 4.57 Å². The summed E-state index contributed by atoms with van der Waals surface area (Å²) in [6.45, 7) is 1.03. The lowest BCUT2D eigenvalue weighted by Gasteiger charge is -2.22. The summed E-state index contributed by atoms with van der Waals surface area (Å²) in [5.74, 6) is 2.75. The second-order valence-electron chi connectivity index (χ2n) is 4.89. The van der Waals surface area contributed by atoms with E-state index in [1.54, 1.807) is 0 Å². The van der Waals surface area contributed by atoms with E-state index in [1.807, 2.05) is 6.07 Å². The molecule has 1 aromatic carbocycles. The molecule has 1 atom stereocenters. The molecule has 1 saturated heterocycles. The molecule has 1 aliphatic heterocycles. The molecule has 0 spiro atoms. The average molecular weight is 360 g/mol. The molecule has 1 unspecified atom stereocenters. The van der Waals surface area contributed by atoms with Gasteiger partial charge in [-0.2, -0.15) is 11.8 Å². The summed E-state index contributed by atoms with van der Waals surface area (Å²) in [5, 5.41) is 0.701. The molecule has 5 heteroatoms. The molecule has 1 fully saturated rings. The Morgan fingerprint density at radius 1 is 1.42 bits per heavy atom. The molecule has 0 aliphatic carbocycles. The highest BCUT2D eigenvalue weighted by Gasteiger charge is 2.18. The van der Waals surface area contributed by atoms with Crippen molar-refractivity contribution >= 4 is 50.3 Å². The highest BCUT2D eigenvalue weighted by molar-refractivity contribution is 9.10. The highest BCUT2D eigenvalue weighted by atomic mass is 79.9. The van der Waals surface area contributed by atoms with Crippen LogP contribution in [-0.4, -0.2) is 20.6 Å². The van der Waals surface area contributed by atoms with E-state index in [0.717, 1.165) is 22.4 Å². The molecule has 2 heterocycles. The summed E-state index contributed by atoms with van der Waals surface area (Å²) in [6, 6.07) is 6.24. The number of thioether (sulfide) groups is 1. The second-order valence-corrected chi connectivity index (χ2v) is 7.49. The number of benzene rings is 1. The molecule has 0 bridgehead atoms. The van der Waals surface area contributed by atoms with Crippen molar-refractivity contribution in [1.29, 1.82) is 0 Å². The Hall–Kier alpha value is -0.190. The zero-order chi connectivity index (χ0) is 13.2. The van der Waals surface area contributed by atoms with Crippen molar-refractivity contribution in [2.24, 2.45) is 0 Å². The summed E-state index contributed by atoms with van der Waals surface area (Å²) in [4.78, 5) is 4.64. The first-order chi connectivity index (χ1) is 9.28. The van der Waals surface area contributed by atoms with E-state index in [-0.39, 0.29) is 0 Å². The van der Waals surface area contributed by atoms with Gasteiger partial charge in [0, 0.05) is 16.3 Å². The molecule has 1 aliphatic rings. The molecule has 0 saturated carbocycles.